The van der Waals surface area contributed by atoms with Gasteiger partial charge in [-0.2, -0.15) is 0 Å². The Labute approximate surface area is 581 Å². The summed E-state index contributed by atoms with van der Waals surface area (Å²) in [7, 11) is -9.90. The van der Waals surface area contributed by atoms with Gasteiger partial charge in [0.2, 0.25) is 0 Å². The molecule has 0 aliphatic carbocycles. The average molecular weight is 1400 g/mol. The highest BCUT2D eigenvalue weighted by molar-refractivity contribution is 7.47. The van der Waals surface area contributed by atoms with Gasteiger partial charge in [0.25, 0.3) is 0 Å². The van der Waals surface area contributed by atoms with E-state index in [1.807, 2.05) is 0 Å². The lowest BCUT2D eigenvalue weighted by molar-refractivity contribution is -0.161. The number of carbonyl (C=O) groups excluding carboxylic acids is 4. The highest BCUT2D eigenvalue weighted by Crippen LogP contribution is 2.45. The number of hydrogen-bond acceptors (Lipinski definition) is 15. The van der Waals surface area contributed by atoms with Gasteiger partial charge in [0.1, 0.15) is 19.3 Å². The maximum atomic E-state index is 13.1. The molecule has 17 nitrogen and oxygen atoms in total. The van der Waals surface area contributed by atoms with Crippen molar-refractivity contribution >= 4 is 39.5 Å². The molecule has 5 atom stereocenters. The van der Waals surface area contributed by atoms with Crippen molar-refractivity contribution in [3.05, 3.63) is 0 Å². The number of phosphoric ester groups is 2. The molecule has 0 aliphatic heterocycles. The molecule has 0 aromatic rings. The van der Waals surface area contributed by atoms with E-state index in [-0.39, 0.29) is 25.7 Å². The molecule has 0 aliphatic rings. The van der Waals surface area contributed by atoms with E-state index in [4.69, 9.17) is 37.0 Å². The SMILES string of the molecule is CCCCCCCCCCCCCC(=O)O[C@H](COC(=O)CCCCCCCCC)COP(=O)(O)OC[C@H](O)COP(=O)(O)OC[C@@H](COC(=O)CCCCCCCCCCCCCCCCCC(C)C)OC(=O)CCCCCCCCCCCCCCCCCCC(C)C. The standard InChI is InChI=1S/C76H148O17P2/c1-7-9-11-13-15-16-28-36-42-48-54-60-75(80)92-71(64-86-73(78)58-52-46-38-14-12-10-8-2)66-90-94(82,83)88-62-70(77)63-89-95(84,85)91-67-72(65-87-74(79)59-53-47-41-35-31-26-23-19-21-25-30-34-40-45-51-57-69(5)6)93-76(81)61-55-49-43-37-32-27-22-18-17-20-24-29-33-39-44-50-56-68(3)4/h68-72,77H,7-67H2,1-6H3,(H,82,83)(H,84,85)/t70-,71+,72+/m0/s1. The molecule has 0 saturated carbocycles. The second kappa shape index (κ2) is 67.9. The van der Waals surface area contributed by atoms with E-state index in [0.29, 0.717) is 25.7 Å². The van der Waals surface area contributed by atoms with E-state index in [9.17, 15) is 43.2 Å². The fourth-order valence-electron chi connectivity index (χ4n) is 11.7. The van der Waals surface area contributed by atoms with Crippen LogP contribution in [0.2, 0.25) is 0 Å². The molecule has 0 aromatic heterocycles. The molecule has 95 heavy (non-hydrogen) atoms. The molecule has 0 heterocycles. The third kappa shape index (κ3) is 70.3. The molecule has 0 spiro atoms. The number of aliphatic hydroxyl groups excluding tert-OH is 1. The van der Waals surface area contributed by atoms with Gasteiger partial charge in [0, 0.05) is 25.7 Å². The summed E-state index contributed by atoms with van der Waals surface area (Å²) >= 11 is 0. The van der Waals surface area contributed by atoms with Crippen LogP contribution in [0, 0.1) is 11.8 Å². The number of unbranched alkanes of at least 4 members (excludes halogenated alkanes) is 45. The molecular weight excluding hydrogens is 1250 g/mol. The van der Waals surface area contributed by atoms with E-state index >= 15 is 0 Å². The Morgan fingerprint density at radius 3 is 0.716 bits per heavy atom. The number of carbonyl (C=O) groups is 4. The molecule has 2 unspecified atom stereocenters. The third-order valence-electron chi connectivity index (χ3n) is 17.7. The minimum Gasteiger partial charge on any atom is -0.462 e. The van der Waals surface area contributed by atoms with E-state index in [1.165, 1.54) is 199 Å². The Kier molecular flexibility index (Phi) is 66.5. The lowest BCUT2D eigenvalue weighted by atomic mass is 10.0. The van der Waals surface area contributed by atoms with Crippen molar-refractivity contribution in [3.63, 3.8) is 0 Å². The van der Waals surface area contributed by atoms with Gasteiger partial charge in [-0.05, 0) is 37.5 Å². The predicted octanol–water partition coefficient (Wildman–Crippen LogP) is 22.3. The molecule has 0 fully saturated rings. The Morgan fingerprint density at radius 1 is 0.284 bits per heavy atom. The zero-order valence-corrected chi connectivity index (χ0v) is 63.8. The maximum absolute atomic E-state index is 13.1. The second-order valence-corrected chi connectivity index (χ2v) is 31.3. The molecule has 564 valence electrons. The number of aliphatic hydroxyl groups is 1. The fourth-order valence-corrected chi connectivity index (χ4v) is 13.2. The van der Waals surface area contributed by atoms with Gasteiger partial charge in [-0.3, -0.25) is 37.3 Å². The summed E-state index contributed by atoms with van der Waals surface area (Å²) < 4.78 is 68.4. The van der Waals surface area contributed by atoms with Crippen LogP contribution in [0.4, 0.5) is 0 Å². The van der Waals surface area contributed by atoms with E-state index in [2.05, 4.69) is 41.5 Å². The van der Waals surface area contributed by atoms with Crippen LogP contribution < -0.4 is 0 Å². The third-order valence-corrected chi connectivity index (χ3v) is 19.6. The summed E-state index contributed by atoms with van der Waals surface area (Å²) in [6, 6.07) is 0. The van der Waals surface area contributed by atoms with Crippen LogP contribution in [0.25, 0.3) is 0 Å². The first kappa shape index (κ1) is 93.1. The van der Waals surface area contributed by atoms with Crippen LogP contribution in [0.1, 0.15) is 395 Å². The molecule has 3 N–H and O–H groups in total. The Hall–Kier alpha value is -1.94. The summed E-state index contributed by atoms with van der Waals surface area (Å²) in [4.78, 5) is 72.6. The zero-order valence-electron chi connectivity index (χ0n) is 62.0. The van der Waals surface area contributed by atoms with Gasteiger partial charge in [0.05, 0.1) is 26.4 Å². The van der Waals surface area contributed by atoms with Gasteiger partial charge in [-0.25, -0.2) is 9.13 Å². The first-order valence-electron chi connectivity index (χ1n) is 39.5. The number of rotatable bonds is 75. The van der Waals surface area contributed by atoms with E-state index < -0.39 is 97.5 Å². The van der Waals surface area contributed by atoms with Crippen molar-refractivity contribution in [2.75, 3.05) is 39.6 Å². The monoisotopic (exact) mass is 1400 g/mol. The number of esters is 4. The Bertz CT molecular complexity index is 1840. The van der Waals surface area contributed by atoms with Crippen LogP contribution in [-0.4, -0.2) is 96.7 Å². The molecule has 19 heteroatoms. The summed E-state index contributed by atoms with van der Waals surface area (Å²) in [5.41, 5.74) is 0. The van der Waals surface area contributed by atoms with Crippen LogP contribution in [0.3, 0.4) is 0 Å². The minimum absolute atomic E-state index is 0.107. The number of ether oxygens (including phenoxy) is 4. The normalized spacial score (nSPS) is 14.0. The number of hydrogen-bond donors (Lipinski definition) is 3. The fraction of sp³-hybridized carbons (Fsp3) is 0.947. The molecule has 0 bridgehead atoms. The Balaban J connectivity index is 5.17. The van der Waals surface area contributed by atoms with Gasteiger partial charge in [-0.1, -0.05) is 343 Å². The van der Waals surface area contributed by atoms with E-state index in [1.54, 1.807) is 0 Å². The lowest BCUT2D eigenvalue weighted by Gasteiger charge is -2.21. The molecule has 0 amide bonds. The highest BCUT2D eigenvalue weighted by atomic mass is 31.2. The second-order valence-electron chi connectivity index (χ2n) is 28.3. The van der Waals surface area contributed by atoms with Gasteiger partial charge < -0.3 is 33.8 Å². The summed E-state index contributed by atoms with van der Waals surface area (Å²) in [6.45, 7) is 9.61. The zero-order chi connectivity index (χ0) is 70.0. The van der Waals surface area contributed by atoms with Crippen LogP contribution in [0.15, 0.2) is 0 Å². The van der Waals surface area contributed by atoms with Crippen LogP contribution in [0.5, 0.6) is 0 Å². The van der Waals surface area contributed by atoms with Crippen molar-refractivity contribution in [3.8, 4) is 0 Å². The van der Waals surface area contributed by atoms with Crippen molar-refractivity contribution in [1.29, 1.82) is 0 Å². The molecule has 0 radical (unpaired) electrons. The summed E-state index contributed by atoms with van der Waals surface area (Å²) in [5.74, 6) is -0.504. The van der Waals surface area contributed by atoms with E-state index in [0.717, 1.165) is 115 Å². The quantitative estimate of drug-likeness (QED) is 0.0222. The van der Waals surface area contributed by atoms with Crippen LogP contribution in [-0.2, 0) is 65.4 Å². The number of phosphoric acid groups is 2. The van der Waals surface area contributed by atoms with Gasteiger partial charge in [0.15, 0.2) is 12.2 Å². The average Bonchev–Trinajstić information content (AvgIpc) is 1.67. The lowest BCUT2D eigenvalue weighted by Crippen LogP contribution is -2.30. The Morgan fingerprint density at radius 2 is 0.484 bits per heavy atom. The molecule has 0 rings (SSSR count). The first-order chi connectivity index (χ1) is 45.9. The molecule has 0 aromatic carbocycles. The highest BCUT2D eigenvalue weighted by Gasteiger charge is 2.30. The first-order valence-corrected chi connectivity index (χ1v) is 42.5. The van der Waals surface area contributed by atoms with Gasteiger partial charge >= 0.3 is 39.5 Å². The largest absolute Gasteiger partial charge is 0.472 e. The van der Waals surface area contributed by atoms with Crippen LogP contribution >= 0.6 is 15.6 Å². The predicted molar refractivity (Wildman–Crippen MR) is 386 cm³/mol. The minimum atomic E-state index is -4.96. The van der Waals surface area contributed by atoms with Crippen molar-refractivity contribution < 1.29 is 80.2 Å². The molecule has 0 saturated heterocycles. The topological polar surface area (TPSA) is 237 Å². The smallest absolute Gasteiger partial charge is 0.462 e. The van der Waals surface area contributed by atoms with Crippen molar-refractivity contribution in [2.24, 2.45) is 11.8 Å². The van der Waals surface area contributed by atoms with Gasteiger partial charge in [-0.15, -0.1) is 0 Å². The summed E-state index contributed by atoms with van der Waals surface area (Å²) in [6.07, 6.45) is 55.6. The van der Waals surface area contributed by atoms with Crippen molar-refractivity contribution in [1.82, 2.24) is 0 Å². The maximum Gasteiger partial charge on any atom is 0.472 e. The molecular formula is C76H148O17P2. The summed E-state index contributed by atoms with van der Waals surface area (Å²) in [5, 5.41) is 10.6. The van der Waals surface area contributed by atoms with Crippen molar-refractivity contribution in [2.45, 2.75) is 413 Å².